The van der Waals surface area contributed by atoms with Crippen molar-refractivity contribution in [1.29, 1.82) is 0 Å². The smallest absolute Gasteiger partial charge is 0.324 e. The third-order valence-corrected chi connectivity index (χ3v) is 3.21. The number of rotatable bonds is 2. The molecular weight excluding hydrogens is 238 g/mol. The number of carbonyl (C=O) groups is 2. The predicted octanol–water partition coefficient (Wildman–Crippen LogP) is 0.110. The molecule has 6 heteroatoms. The monoisotopic (exact) mass is 249 g/mol. The first-order chi connectivity index (χ1) is 8.20. The van der Waals surface area contributed by atoms with Crippen molar-refractivity contribution in [3.05, 3.63) is 21.9 Å². The van der Waals surface area contributed by atoms with Crippen LogP contribution in [0.4, 0.5) is 4.79 Å². The minimum absolute atomic E-state index is 0.0873. The lowest BCUT2D eigenvalue weighted by atomic mass is 10.4. The van der Waals surface area contributed by atoms with Gasteiger partial charge in [0.15, 0.2) is 0 Å². The van der Waals surface area contributed by atoms with Crippen LogP contribution in [0.3, 0.4) is 0 Å². The van der Waals surface area contributed by atoms with Crippen LogP contribution in [-0.4, -0.2) is 29.9 Å². The zero-order chi connectivity index (χ0) is 12.3. The van der Waals surface area contributed by atoms with E-state index in [1.807, 2.05) is 12.1 Å². The van der Waals surface area contributed by atoms with Gasteiger partial charge in [0, 0.05) is 4.88 Å². The number of amides is 3. The molecule has 0 saturated carbocycles. The Morgan fingerprint density at radius 1 is 1.47 bits per heavy atom. The maximum Gasteiger partial charge on any atom is 0.324 e. The molecule has 3 N–H and O–H groups in total. The lowest BCUT2D eigenvalue weighted by Crippen LogP contribution is -2.29. The second kappa shape index (κ2) is 4.99. The first-order valence-electron chi connectivity index (χ1n) is 5.06. The molecule has 5 nitrogen and oxygen atoms in total. The van der Waals surface area contributed by atoms with Crippen molar-refractivity contribution in [2.24, 2.45) is 5.73 Å². The molecule has 0 atom stereocenters. The average Bonchev–Trinajstić information content (AvgIpc) is 2.88. The number of imide groups is 1. The number of urea groups is 1. The Kier molecular flexibility index (Phi) is 3.42. The molecule has 0 radical (unpaired) electrons. The van der Waals surface area contributed by atoms with Gasteiger partial charge in [-0.05, 0) is 12.1 Å². The molecule has 0 unspecified atom stereocenters. The molecule has 17 heavy (non-hydrogen) atoms. The Balaban J connectivity index is 2.06. The maximum atomic E-state index is 11.4. The van der Waals surface area contributed by atoms with Gasteiger partial charge in [-0.1, -0.05) is 11.8 Å². The Bertz CT molecular complexity index is 496. The topological polar surface area (TPSA) is 75.4 Å². The fourth-order valence-corrected chi connectivity index (χ4v) is 2.31. The number of hydrogen-bond acceptors (Lipinski definition) is 4. The van der Waals surface area contributed by atoms with E-state index < -0.39 is 0 Å². The van der Waals surface area contributed by atoms with Crippen molar-refractivity contribution in [1.82, 2.24) is 10.2 Å². The van der Waals surface area contributed by atoms with E-state index in [0.717, 1.165) is 9.75 Å². The first-order valence-corrected chi connectivity index (χ1v) is 5.88. The standard InChI is InChI=1S/C11H11N3O2S/c12-5-1-2-8-3-4-9(17-8)7-14-10(15)6-13-11(14)16/h3-4H,5-7,12H2,(H,13,16). The largest absolute Gasteiger partial charge is 0.329 e. The highest BCUT2D eigenvalue weighted by atomic mass is 32.1. The summed E-state index contributed by atoms with van der Waals surface area (Å²) >= 11 is 1.46. The van der Waals surface area contributed by atoms with Crippen molar-refractivity contribution in [3.63, 3.8) is 0 Å². The maximum absolute atomic E-state index is 11.4. The summed E-state index contributed by atoms with van der Waals surface area (Å²) < 4.78 is 0. The summed E-state index contributed by atoms with van der Waals surface area (Å²) in [7, 11) is 0. The number of thiophene rings is 1. The molecule has 0 aromatic carbocycles. The van der Waals surface area contributed by atoms with E-state index in [-0.39, 0.29) is 18.5 Å². The number of nitrogens with two attached hydrogens (primary N) is 1. The van der Waals surface area contributed by atoms with Crippen LogP contribution >= 0.6 is 11.3 Å². The number of carbonyl (C=O) groups excluding carboxylic acids is 2. The molecule has 1 fully saturated rings. The van der Waals surface area contributed by atoms with Crippen LogP contribution in [0.1, 0.15) is 9.75 Å². The number of hydrogen-bond donors (Lipinski definition) is 2. The lowest BCUT2D eigenvalue weighted by Gasteiger charge is -2.09. The Labute approximate surface area is 103 Å². The summed E-state index contributed by atoms with van der Waals surface area (Å²) in [4.78, 5) is 25.7. The van der Waals surface area contributed by atoms with Crippen LogP contribution in [0.25, 0.3) is 0 Å². The van der Waals surface area contributed by atoms with Crippen molar-refractivity contribution in [3.8, 4) is 11.8 Å². The van der Waals surface area contributed by atoms with E-state index in [2.05, 4.69) is 17.2 Å². The van der Waals surface area contributed by atoms with Crippen LogP contribution in [0.15, 0.2) is 12.1 Å². The predicted molar refractivity (Wildman–Crippen MR) is 64.2 cm³/mol. The highest BCUT2D eigenvalue weighted by Crippen LogP contribution is 2.18. The Morgan fingerprint density at radius 3 is 2.94 bits per heavy atom. The van der Waals surface area contributed by atoms with Crippen LogP contribution in [-0.2, 0) is 11.3 Å². The lowest BCUT2D eigenvalue weighted by molar-refractivity contribution is -0.125. The third kappa shape index (κ3) is 2.64. The third-order valence-electron chi connectivity index (χ3n) is 2.23. The summed E-state index contributed by atoms with van der Waals surface area (Å²) in [6.07, 6.45) is 0. The van der Waals surface area contributed by atoms with Gasteiger partial charge in [0.25, 0.3) is 0 Å². The normalized spacial score (nSPS) is 14.5. The van der Waals surface area contributed by atoms with Gasteiger partial charge in [-0.2, -0.15) is 0 Å². The summed E-state index contributed by atoms with van der Waals surface area (Å²) in [6.45, 7) is 0.712. The minimum atomic E-state index is -0.335. The second-order valence-electron chi connectivity index (χ2n) is 3.41. The molecule has 0 aliphatic carbocycles. The number of nitrogens with one attached hydrogen (secondary N) is 1. The molecule has 1 aliphatic heterocycles. The van der Waals surface area contributed by atoms with Crippen LogP contribution < -0.4 is 11.1 Å². The van der Waals surface area contributed by atoms with E-state index >= 15 is 0 Å². The first kappa shape index (κ1) is 11.6. The Morgan fingerprint density at radius 2 is 2.29 bits per heavy atom. The van der Waals surface area contributed by atoms with Crippen molar-refractivity contribution >= 4 is 23.3 Å². The molecule has 1 saturated heterocycles. The quantitative estimate of drug-likeness (QED) is 0.577. The molecule has 2 heterocycles. The summed E-state index contributed by atoms with van der Waals surface area (Å²) in [5, 5.41) is 2.48. The van der Waals surface area contributed by atoms with Gasteiger partial charge in [0.05, 0.1) is 24.5 Å². The highest BCUT2D eigenvalue weighted by molar-refractivity contribution is 7.12. The molecule has 3 amide bonds. The van der Waals surface area contributed by atoms with Gasteiger partial charge in [-0.25, -0.2) is 4.79 Å². The zero-order valence-corrected chi connectivity index (χ0v) is 9.84. The Hall–Kier alpha value is -1.84. The van der Waals surface area contributed by atoms with Gasteiger partial charge >= 0.3 is 6.03 Å². The molecule has 1 aromatic rings. The van der Waals surface area contributed by atoms with Crippen LogP contribution in [0.5, 0.6) is 0 Å². The number of nitrogens with zero attached hydrogens (tertiary/aromatic N) is 1. The fraction of sp³-hybridized carbons (Fsp3) is 0.273. The highest BCUT2D eigenvalue weighted by Gasteiger charge is 2.28. The molecule has 1 aliphatic rings. The van der Waals surface area contributed by atoms with Gasteiger partial charge in [0.2, 0.25) is 5.91 Å². The van der Waals surface area contributed by atoms with Gasteiger partial charge in [-0.15, -0.1) is 11.3 Å². The van der Waals surface area contributed by atoms with E-state index in [9.17, 15) is 9.59 Å². The van der Waals surface area contributed by atoms with Crippen molar-refractivity contribution in [2.45, 2.75) is 6.54 Å². The van der Waals surface area contributed by atoms with Crippen molar-refractivity contribution < 1.29 is 9.59 Å². The fourth-order valence-electron chi connectivity index (χ4n) is 1.44. The summed E-state index contributed by atoms with van der Waals surface area (Å²) in [5.41, 5.74) is 5.28. The minimum Gasteiger partial charge on any atom is -0.329 e. The molecule has 1 aromatic heterocycles. The summed E-state index contributed by atoms with van der Waals surface area (Å²) in [6, 6.07) is 3.39. The zero-order valence-electron chi connectivity index (χ0n) is 9.03. The SMILES string of the molecule is NCC#Cc1ccc(CN2C(=O)CNC2=O)s1. The second-order valence-corrected chi connectivity index (χ2v) is 4.58. The van der Waals surface area contributed by atoms with Gasteiger partial charge in [-0.3, -0.25) is 9.69 Å². The molecule has 2 rings (SSSR count). The van der Waals surface area contributed by atoms with Crippen LogP contribution in [0.2, 0.25) is 0 Å². The molecule has 88 valence electrons. The van der Waals surface area contributed by atoms with E-state index in [1.54, 1.807) is 0 Å². The van der Waals surface area contributed by atoms with Gasteiger partial charge < -0.3 is 11.1 Å². The van der Waals surface area contributed by atoms with Crippen LogP contribution in [0, 0.1) is 11.8 Å². The average molecular weight is 249 g/mol. The molecular formula is C11H11N3O2S. The van der Waals surface area contributed by atoms with E-state index in [4.69, 9.17) is 5.73 Å². The molecule has 0 bridgehead atoms. The van der Waals surface area contributed by atoms with Crippen molar-refractivity contribution in [2.75, 3.05) is 13.1 Å². The van der Waals surface area contributed by atoms with Gasteiger partial charge in [0.1, 0.15) is 0 Å². The van der Waals surface area contributed by atoms with E-state index in [0.29, 0.717) is 13.1 Å². The van der Waals surface area contributed by atoms with E-state index in [1.165, 1.54) is 16.2 Å². The summed E-state index contributed by atoms with van der Waals surface area (Å²) in [5.74, 6) is 5.47. The molecule has 0 spiro atoms.